The molecule has 2 atom stereocenters. The van der Waals surface area contributed by atoms with Crippen molar-refractivity contribution in [2.45, 2.75) is 63.5 Å². The van der Waals surface area contributed by atoms with Crippen molar-refractivity contribution in [3.05, 3.63) is 47.7 Å². The summed E-state index contributed by atoms with van der Waals surface area (Å²) >= 11 is 0. The van der Waals surface area contributed by atoms with Crippen LogP contribution in [-0.2, 0) is 20.7 Å². The quantitative estimate of drug-likeness (QED) is 0.236. The number of ether oxygens (including phenoxy) is 2. The molecule has 1 aromatic carbocycles. The molecule has 3 N–H and O–H groups in total. The maximum atomic E-state index is 13.6. The van der Waals surface area contributed by atoms with Gasteiger partial charge in [-0.25, -0.2) is 4.79 Å². The fourth-order valence-electron chi connectivity index (χ4n) is 5.52. The highest BCUT2D eigenvalue weighted by molar-refractivity contribution is 6.43. The van der Waals surface area contributed by atoms with Crippen LogP contribution < -0.4 is 5.32 Å². The minimum atomic E-state index is -1.83. The van der Waals surface area contributed by atoms with E-state index in [1.54, 1.807) is 17.0 Å². The highest BCUT2D eigenvalue weighted by Crippen LogP contribution is 2.24. The van der Waals surface area contributed by atoms with Crippen molar-refractivity contribution in [3.8, 4) is 6.07 Å². The first-order valence-electron chi connectivity index (χ1n) is 14.2. The Hall–Kier alpha value is -3.37. The molecule has 11 nitrogen and oxygen atoms in total. The molecule has 0 bridgehead atoms. The summed E-state index contributed by atoms with van der Waals surface area (Å²) in [5, 5.41) is 33.1. The topological polar surface area (TPSA) is 148 Å². The van der Waals surface area contributed by atoms with Gasteiger partial charge in [0.05, 0.1) is 31.5 Å². The molecule has 2 aromatic rings. The van der Waals surface area contributed by atoms with Gasteiger partial charge in [0.2, 0.25) is 0 Å². The van der Waals surface area contributed by atoms with Crippen molar-refractivity contribution >= 4 is 30.1 Å². The van der Waals surface area contributed by atoms with Crippen molar-refractivity contribution in [2.24, 2.45) is 0 Å². The highest BCUT2D eigenvalue weighted by atomic mass is 16.5. The number of nitrogens with zero attached hydrogens (tertiary/aromatic N) is 3. The second-order valence-electron chi connectivity index (χ2n) is 11.1. The zero-order valence-electron chi connectivity index (χ0n) is 23.8. The number of para-hydroxylation sites is 1. The standard InChI is InChI=1S/C29H39BN4O7/c1-29(2,33-12-14-39-15-13-33)17-22(18-31)27(35)34-11-7-3-4-8-23(34)20-41-28(36)32-26(30(37)38)16-21-19-40-25-10-6-5-9-24(21)25/h5-6,9-10,17,19,23,26,37-38H,3-4,7-8,11-16,20H2,1-2H3,(H,32,36)/t23-,26?/m1/s1. The number of morpholine rings is 1. The Morgan fingerprint density at radius 2 is 1.98 bits per heavy atom. The summed E-state index contributed by atoms with van der Waals surface area (Å²) in [5.74, 6) is -1.41. The molecule has 2 saturated heterocycles. The monoisotopic (exact) mass is 566 g/mol. The Balaban J connectivity index is 1.40. The smallest absolute Gasteiger partial charge is 0.464 e. The van der Waals surface area contributed by atoms with Crippen molar-refractivity contribution in [1.29, 1.82) is 5.26 Å². The third-order valence-electron chi connectivity index (χ3n) is 7.88. The van der Waals surface area contributed by atoms with E-state index in [-0.39, 0.29) is 24.5 Å². The van der Waals surface area contributed by atoms with E-state index in [2.05, 4.69) is 16.3 Å². The summed E-state index contributed by atoms with van der Waals surface area (Å²) < 4.78 is 16.5. The summed E-state index contributed by atoms with van der Waals surface area (Å²) in [6.07, 6.45) is 5.75. The van der Waals surface area contributed by atoms with Crippen LogP contribution in [0.4, 0.5) is 4.79 Å². The number of fused-ring (bicyclic) bond motifs is 1. The Kier molecular flexibility index (Phi) is 10.4. The largest absolute Gasteiger partial charge is 0.475 e. The van der Waals surface area contributed by atoms with E-state index >= 15 is 0 Å². The number of amides is 2. The van der Waals surface area contributed by atoms with E-state index in [4.69, 9.17) is 13.9 Å². The molecule has 3 heterocycles. The first-order chi connectivity index (χ1) is 19.7. The molecule has 0 aliphatic carbocycles. The third kappa shape index (κ3) is 7.89. The van der Waals surface area contributed by atoms with Crippen LogP contribution in [0.2, 0.25) is 0 Å². The van der Waals surface area contributed by atoms with Crippen LogP contribution in [0.1, 0.15) is 45.1 Å². The Labute approximate surface area is 240 Å². The molecule has 4 rings (SSSR count). The summed E-state index contributed by atoms with van der Waals surface area (Å²) in [7, 11) is -1.83. The van der Waals surface area contributed by atoms with Gasteiger partial charge in [-0.15, -0.1) is 0 Å². The molecule has 2 aliphatic heterocycles. The molecule has 1 unspecified atom stereocenters. The van der Waals surface area contributed by atoms with Crippen LogP contribution in [0.15, 0.2) is 46.6 Å². The van der Waals surface area contributed by atoms with E-state index in [0.717, 1.165) is 30.2 Å². The third-order valence-corrected chi connectivity index (χ3v) is 7.88. The predicted octanol–water partition coefficient (Wildman–Crippen LogP) is 2.41. The Morgan fingerprint density at radius 1 is 1.22 bits per heavy atom. The maximum Gasteiger partial charge on any atom is 0.475 e. The Bertz CT molecular complexity index is 1270. The normalized spacial score (nSPS) is 19.7. The van der Waals surface area contributed by atoms with Gasteiger partial charge in [-0.1, -0.05) is 31.0 Å². The van der Waals surface area contributed by atoms with E-state index in [0.29, 0.717) is 44.9 Å². The molecule has 1 aromatic heterocycles. The van der Waals surface area contributed by atoms with Gasteiger partial charge in [-0.05, 0) is 50.8 Å². The molecule has 2 amide bonds. The summed E-state index contributed by atoms with van der Waals surface area (Å²) in [6, 6.07) is 9.05. The first kappa shape index (κ1) is 30.6. The second kappa shape index (κ2) is 14.0. The number of carbonyl (C=O) groups is 2. The van der Waals surface area contributed by atoms with Crippen molar-refractivity contribution in [3.63, 3.8) is 0 Å². The summed E-state index contributed by atoms with van der Waals surface area (Å²) in [5.41, 5.74) is 0.931. The summed E-state index contributed by atoms with van der Waals surface area (Å²) in [4.78, 5) is 30.2. The number of benzene rings is 1. The average Bonchev–Trinajstić information content (AvgIpc) is 3.22. The van der Waals surface area contributed by atoms with E-state index in [1.807, 2.05) is 32.0 Å². The number of hydrogen-bond acceptors (Lipinski definition) is 9. The van der Waals surface area contributed by atoms with Crippen LogP contribution in [0.3, 0.4) is 0 Å². The maximum absolute atomic E-state index is 13.6. The molecule has 0 spiro atoms. The van der Waals surface area contributed by atoms with Crippen LogP contribution >= 0.6 is 0 Å². The number of alkyl carbamates (subject to hydrolysis) is 1. The van der Waals surface area contributed by atoms with Crippen LogP contribution in [0.5, 0.6) is 0 Å². The SMILES string of the molecule is CC(C)(C=C(C#N)C(=O)N1CCCCC[C@@H]1COC(=O)NC(Cc1coc2ccccc12)B(O)O)N1CCOCC1. The van der Waals surface area contributed by atoms with Crippen LogP contribution in [-0.4, -0.2) is 95.9 Å². The molecule has 0 radical (unpaired) electrons. The molecule has 12 heteroatoms. The fourth-order valence-corrected chi connectivity index (χ4v) is 5.52. The van der Waals surface area contributed by atoms with Crippen molar-refractivity contribution < 1.29 is 33.5 Å². The molecular weight excluding hydrogens is 527 g/mol. The predicted molar refractivity (Wildman–Crippen MR) is 153 cm³/mol. The molecule has 2 aliphatic rings. The van der Waals surface area contributed by atoms with Gasteiger partial charge in [-0.2, -0.15) is 5.26 Å². The van der Waals surface area contributed by atoms with Gasteiger partial charge in [-0.3, -0.25) is 9.69 Å². The van der Waals surface area contributed by atoms with E-state index < -0.39 is 30.7 Å². The lowest BCUT2D eigenvalue weighted by molar-refractivity contribution is -0.129. The van der Waals surface area contributed by atoms with Crippen LogP contribution in [0, 0.1) is 11.3 Å². The van der Waals surface area contributed by atoms with Gasteiger partial charge >= 0.3 is 13.2 Å². The summed E-state index contributed by atoms with van der Waals surface area (Å²) in [6.45, 7) is 6.98. The minimum Gasteiger partial charge on any atom is -0.464 e. The minimum absolute atomic E-state index is 0.0636. The molecular formula is C29H39BN4O7. The molecule has 2 fully saturated rings. The van der Waals surface area contributed by atoms with Gasteiger partial charge < -0.3 is 34.2 Å². The molecule has 41 heavy (non-hydrogen) atoms. The highest BCUT2D eigenvalue weighted by Gasteiger charge is 2.33. The van der Waals surface area contributed by atoms with Gasteiger partial charge in [0, 0.05) is 30.6 Å². The number of nitriles is 1. The second-order valence-corrected chi connectivity index (χ2v) is 11.1. The fraction of sp³-hybridized carbons (Fsp3) is 0.552. The zero-order chi connectivity index (χ0) is 29.4. The van der Waals surface area contributed by atoms with Crippen molar-refractivity contribution in [1.82, 2.24) is 15.1 Å². The van der Waals surface area contributed by atoms with E-state index in [9.17, 15) is 24.9 Å². The number of likely N-dealkylation sites (tertiary alicyclic amines) is 1. The zero-order valence-corrected chi connectivity index (χ0v) is 23.8. The number of furan rings is 1. The van der Waals surface area contributed by atoms with E-state index in [1.165, 1.54) is 6.26 Å². The Morgan fingerprint density at radius 3 is 2.71 bits per heavy atom. The lowest BCUT2D eigenvalue weighted by Crippen LogP contribution is -2.50. The van der Waals surface area contributed by atoms with Gasteiger partial charge in [0.1, 0.15) is 23.8 Å². The lowest BCUT2D eigenvalue weighted by Gasteiger charge is -2.39. The number of carbonyl (C=O) groups excluding carboxylic acids is 2. The first-order valence-corrected chi connectivity index (χ1v) is 14.2. The number of hydrogen-bond donors (Lipinski definition) is 3. The van der Waals surface area contributed by atoms with Gasteiger partial charge in [0.15, 0.2) is 0 Å². The van der Waals surface area contributed by atoms with Crippen LogP contribution in [0.25, 0.3) is 11.0 Å². The van der Waals surface area contributed by atoms with Gasteiger partial charge in [0.25, 0.3) is 5.91 Å². The van der Waals surface area contributed by atoms with Crippen molar-refractivity contribution in [2.75, 3.05) is 39.5 Å². The number of rotatable bonds is 9. The number of nitrogens with one attached hydrogen (secondary N) is 1. The molecule has 220 valence electrons. The molecule has 0 saturated carbocycles. The lowest BCUT2D eigenvalue weighted by atomic mass is 9.76. The average molecular weight is 566 g/mol.